The molecule has 16 heavy (non-hydrogen) atoms. The Balaban J connectivity index is 2.46. The van der Waals surface area contributed by atoms with Gasteiger partial charge in [-0.2, -0.15) is 0 Å². The lowest BCUT2D eigenvalue weighted by Gasteiger charge is -2.23. The van der Waals surface area contributed by atoms with E-state index in [1.165, 1.54) is 4.90 Å². The molecule has 1 heterocycles. The van der Waals surface area contributed by atoms with Crippen molar-refractivity contribution in [1.82, 2.24) is 10.2 Å². The van der Waals surface area contributed by atoms with Crippen molar-refractivity contribution in [3.63, 3.8) is 0 Å². The Morgan fingerprint density at radius 3 is 2.75 bits per heavy atom. The molecule has 1 amide bonds. The maximum Gasteiger partial charge on any atom is 0.305 e. The molecular weight excluding hydrogens is 212 g/mol. The number of ether oxygens (including phenoxy) is 1. The lowest BCUT2D eigenvalue weighted by atomic mass is 10.0. The van der Waals surface area contributed by atoms with Crippen molar-refractivity contribution >= 4 is 11.9 Å². The van der Waals surface area contributed by atoms with Crippen LogP contribution in [0.2, 0.25) is 0 Å². The van der Waals surface area contributed by atoms with Gasteiger partial charge in [-0.3, -0.25) is 9.59 Å². The summed E-state index contributed by atoms with van der Waals surface area (Å²) in [6.07, 6.45) is -0.0277. The summed E-state index contributed by atoms with van der Waals surface area (Å²) in [5, 5.41) is 11.6. The predicted molar refractivity (Wildman–Crippen MR) is 57.0 cm³/mol. The Bertz CT molecular complexity index is 270. The van der Waals surface area contributed by atoms with Crippen molar-refractivity contribution < 1.29 is 19.4 Å². The summed E-state index contributed by atoms with van der Waals surface area (Å²) < 4.78 is 5.23. The number of nitrogens with zero attached hydrogens (tertiary/aromatic N) is 1. The maximum atomic E-state index is 11.9. The van der Waals surface area contributed by atoms with Gasteiger partial charge in [0, 0.05) is 19.6 Å². The normalized spacial score (nSPS) is 24.4. The summed E-state index contributed by atoms with van der Waals surface area (Å²) in [7, 11) is 3.41. The first kappa shape index (κ1) is 12.9. The highest BCUT2D eigenvalue weighted by Crippen LogP contribution is 2.15. The monoisotopic (exact) mass is 230 g/mol. The number of carbonyl (C=O) groups is 2. The van der Waals surface area contributed by atoms with Gasteiger partial charge in [0.1, 0.15) is 0 Å². The first-order valence-corrected chi connectivity index (χ1v) is 5.28. The van der Waals surface area contributed by atoms with Crippen molar-refractivity contribution in [1.29, 1.82) is 0 Å². The van der Waals surface area contributed by atoms with E-state index in [4.69, 9.17) is 9.84 Å². The molecule has 0 aromatic rings. The van der Waals surface area contributed by atoms with Crippen molar-refractivity contribution in [3.8, 4) is 0 Å². The molecule has 0 bridgehead atoms. The van der Waals surface area contributed by atoms with Crippen molar-refractivity contribution in [2.75, 3.05) is 33.9 Å². The molecule has 92 valence electrons. The van der Waals surface area contributed by atoms with Gasteiger partial charge in [-0.15, -0.1) is 0 Å². The van der Waals surface area contributed by atoms with E-state index in [0.29, 0.717) is 13.2 Å². The van der Waals surface area contributed by atoms with Crippen LogP contribution in [0.5, 0.6) is 0 Å². The largest absolute Gasteiger partial charge is 0.481 e. The van der Waals surface area contributed by atoms with Gasteiger partial charge in [0.25, 0.3) is 0 Å². The van der Waals surface area contributed by atoms with E-state index in [0.717, 1.165) is 0 Å². The van der Waals surface area contributed by atoms with E-state index in [1.54, 1.807) is 14.1 Å². The highest BCUT2D eigenvalue weighted by molar-refractivity contribution is 5.80. The van der Waals surface area contributed by atoms with Crippen LogP contribution < -0.4 is 5.32 Å². The van der Waals surface area contributed by atoms with Gasteiger partial charge in [-0.1, -0.05) is 0 Å². The molecule has 1 rings (SSSR count). The van der Waals surface area contributed by atoms with E-state index in [2.05, 4.69) is 5.32 Å². The maximum absolute atomic E-state index is 11.9. The molecule has 1 aliphatic rings. The standard InChI is InChI=1S/C10H18N2O4/c1-11-8-6-16-5-7(8)10(15)12(2)4-3-9(13)14/h7-8,11H,3-6H2,1-2H3,(H,13,14). The van der Waals surface area contributed by atoms with Crippen LogP contribution in [0.25, 0.3) is 0 Å². The molecule has 0 radical (unpaired) electrons. The fourth-order valence-corrected chi connectivity index (χ4v) is 1.74. The quantitative estimate of drug-likeness (QED) is 0.643. The Kier molecular flexibility index (Phi) is 4.70. The van der Waals surface area contributed by atoms with Crippen molar-refractivity contribution in [2.45, 2.75) is 12.5 Å². The minimum Gasteiger partial charge on any atom is -0.481 e. The second kappa shape index (κ2) is 5.81. The highest BCUT2D eigenvalue weighted by atomic mass is 16.5. The number of carboxylic acids is 1. The van der Waals surface area contributed by atoms with Crippen LogP contribution in [-0.4, -0.2) is 61.8 Å². The lowest BCUT2D eigenvalue weighted by Crippen LogP contribution is -2.43. The molecular formula is C10H18N2O4. The van der Waals surface area contributed by atoms with Gasteiger partial charge in [0.2, 0.25) is 5.91 Å². The zero-order valence-corrected chi connectivity index (χ0v) is 9.60. The third-order valence-electron chi connectivity index (χ3n) is 2.81. The van der Waals surface area contributed by atoms with Gasteiger partial charge in [0.15, 0.2) is 0 Å². The van der Waals surface area contributed by atoms with Crippen LogP contribution in [-0.2, 0) is 14.3 Å². The van der Waals surface area contributed by atoms with Crippen LogP contribution in [0.1, 0.15) is 6.42 Å². The SMILES string of the molecule is CNC1COCC1C(=O)N(C)CCC(=O)O. The van der Waals surface area contributed by atoms with E-state index in [1.807, 2.05) is 0 Å². The number of likely N-dealkylation sites (N-methyl/N-ethyl adjacent to an activating group) is 1. The van der Waals surface area contributed by atoms with Gasteiger partial charge in [0.05, 0.1) is 25.6 Å². The lowest BCUT2D eigenvalue weighted by molar-refractivity contribution is -0.139. The molecule has 0 aliphatic carbocycles. The molecule has 0 aromatic heterocycles. The van der Waals surface area contributed by atoms with Gasteiger partial charge < -0.3 is 20.1 Å². The number of hydrogen-bond acceptors (Lipinski definition) is 4. The molecule has 2 N–H and O–H groups in total. The third-order valence-corrected chi connectivity index (χ3v) is 2.81. The number of carbonyl (C=O) groups excluding carboxylic acids is 1. The van der Waals surface area contributed by atoms with Crippen LogP contribution in [0.3, 0.4) is 0 Å². The van der Waals surface area contributed by atoms with Crippen LogP contribution in [0.4, 0.5) is 0 Å². The topological polar surface area (TPSA) is 78.9 Å². The molecule has 1 aliphatic heterocycles. The summed E-state index contributed by atoms with van der Waals surface area (Å²) >= 11 is 0. The fraction of sp³-hybridized carbons (Fsp3) is 0.800. The van der Waals surface area contributed by atoms with Crippen LogP contribution in [0, 0.1) is 5.92 Å². The number of amides is 1. The zero-order valence-electron chi connectivity index (χ0n) is 9.60. The van der Waals surface area contributed by atoms with Crippen molar-refractivity contribution in [3.05, 3.63) is 0 Å². The van der Waals surface area contributed by atoms with Crippen LogP contribution in [0.15, 0.2) is 0 Å². The average Bonchev–Trinajstić information content (AvgIpc) is 2.72. The number of hydrogen-bond donors (Lipinski definition) is 2. The van der Waals surface area contributed by atoms with E-state index in [-0.39, 0.29) is 30.8 Å². The number of nitrogens with one attached hydrogen (secondary N) is 1. The molecule has 6 nitrogen and oxygen atoms in total. The molecule has 2 unspecified atom stereocenters. The summed E-state index contributed by atoms with van der Waals surface area (Å²) in [4.78, 5) is 23.8. The first-order chi connectivity index (χ1) is 7.56. The molecule has 1 fully saturated rings. The van der Waals surface area contributed by atoms with E-state index >= 15 is 0 Å². The second-order valence-corrected chi connectivity index (χ2v) is 3.94. The molecule has 0 spiro atoms. The third kappa shape index (κ3) is 3.18. The number of rotatable bonds is 5. The first-order valence-electron chi connectivity index (χ1n) is 5.28. The van der Waals surface area contributed by atoms with Gasteiger partial charge >= 0.3 is 5.97 Å². The average molecular weight is 230 g/mol. The van der Waals surface area contributed by atoms with E-state index in [9.17, 15) is 9.59 Å². The molecule has 2 atom stereocenters. The number of carboxylic acid groups (broad SMARTS) is 1. The van der Waals surface area contributed by atoms with Gasteiger partial charge in [-0.25, -0.2) is 0 Å². The highest BCUT2D eigenvalue weighted by Gasteiger charge is 2.34. The summed E-state index contributed by atoms with van der Waals surface area (Å²) in [6, 6.07) is 0.0276. The Morgan fingerprint density at radius 2 is 2.19 bits per heavy atom. The Labute approximate surface area is 94.6 Å². The molecule has 0 aromatic carbocycles. The zero-order chi connectivity index (χ0) is 12.1. The summed E-state index contributed by atoms with van der Waals surface area (Å²) in [5.74, 6) is -1.16. The Hall–Kier alpha value is -1.14. The van der Waals surface area contributed by atoms with E-state index < -0.39 is 5.97 Å². The molecule has 6 heteroatoms. The number of aliphatic carboxylic acids is 1. The molecule has 1 saturated heterocycles. The van der Waals surface area contributed by atoms with Crippen molar-refractivity contribution in [2.24, 2.45) is 5.92 Å². The molecule has 0 saturated carbocycles. The smallest absolute Gasteiger partial charge is 0.305 e. The van der Waals surface area contributed by atoms with Crippen LogP contribution >= 0.6 is 0 Å². The summed E-state index contributed by atoms with van der Waals surface area (Å²) in [6.45, 7) is 1.17. The fourth-order valence-electron chi connectivity index (χ4n) is 1.74. The minimum absolute atomic E-state index is 0.0276. The Morgan fingerprint density at radius 1 is 1.50 bits per heavy atom. The predicted octanol–water partition coefficient (Wildman–Crippen LogP) is -0.846. The van der Waals surface area contributed by atoms with Gasteiger partial charge in [-0.05, 0) is 7.05 Å². The summed E-state index contributed by atoms with van der Waals surface area (Å²) in [5.41, 5.74) is 0. The second-order valence-electron chi connectivity index (χ2n) is 3.94. The minimum atomic E-state index is -0.896.